The van der Waals surface area contributed by atoms with Crippen LogP contribution in [0.3, 0.4) is 0 Å². The van der Waals surface area contributed by atoms with Crippen molar-refractivity contribution < 1.29 is 9.31 Å². The first-order valence-corrected chi connectivity index (χ1v) is 6.67. The lowest BCUT2D eigenvalue weighted by Gasteiger charge is -2.08. The maximum Gasteiger partial charge on any atom is 0.293 e. The third kappa shape index (κ3) is 3.55. The Morgan fingerprint density at radius 1 is 1.33 bits per heavy atom. The van der Waals surface area contributed by atoms with Gasteiger partial charge in [0.1, 0.15) is 17.6 Å². The number of nitrogens with one attached hydrogen (secondary N) is 1. The van der Waals surface area contributed by atoms with E-state index in [1.54, 1.807) is 18.2 Å². The molecule has 0 aromatic heterocycles. The van der Waals surface area contributed by atoms with Crippen molar-refractivity contribution in [1.29, 1.82) is 5.26 Å². The van der Waals surface area contributed by atoms with Crippen LogP contribution >= 0.6 is 15.9 Å². The van der Waals surface area contributed by atoms with Crippen molar-refractivity contribution in [2.24, 2.45) is 0 Å². The summed E-state index contributed by atoms with van der Waals surface area (Å²) in [5.41, 5.74) is 0.891. The topological polar surface area (TPSA) is 79.0 Å². The first kappa shape index (κ1) is 14.9. The Morgan fingerprint density at radius 3 is 2.76 bits per heavy atom. The van der Waals surface area contributed by atoms with Crippen molar-refractivity contribution >= 4 is 27.3 Å². The van der Waals surface area contributed by atoms with Crippen molar-refractivity contribution in [3.8, 4) is 6.07 Å². The van der Waals surface area contributed by atoms with Gasteiger partial charge in [0.05, 0.1) is 10.5 Å². The van der Waals surface area contributed by atoms with Crippen LogP contribution in [0.5, 0.6) is 0 Å². The molecule has 0 saturated carbocycles. The molecule has 2 aromatic carbocycles. The second-order valence-corrected chi connectivity index (χ2v) is 5.11. The molecule has 0 atom stereocenters. The van der Waals surface area contributed by atoms with E-state index in [0.717, 1.165) is 0 Å². The highest BCUT2D eigenvalue weighted by Gasteiger charge is 2.14. The number of hydrogen-bond donors (Lipinski definition) is 1. The van der Waals surface area contributed by atoms with E-state index >= 15 is 0 Å². The summed E-state index contributed by atoms with van der Waals surface area (Å²) in [6, 6.07) is 10.5. The van der Waals surface area contributed by atoms with Crippen LogP contribution < -0.4 is 5.32 Å². The standard InChI is InChI=1S/C14H9BrFN3O2/c15-11-2-4-13(14(6-11)19(20)21)18-8-9-1-3-12(16)10(5-9)7-17/h1-6,18H,8H2. The normalized spacial score (nSPS) is 9.95. The van der Waals surface area contributed by atoms with E-state index in [9.17, 15) is 14.5 Å². The average molecular weight is 350 g/mol. The third-order valence-corrected chi connectivity index (χ3v) is 3.28. The highest BCUT2D eigenvalue weighted by atomic mass is 79.9. The van der Waals surface area contributed by atoms with E-state index in [4.69, 9.17) is 5.26 Å². The fourth-order valence-electron chi connectivity index (χ4n) is 1.77. The van der Waals surface area contributed by atoms with E-state index in [2.05, 4.69) is 21.2 Å². The summed E-state index contributed by atoms with van der Waals surface area (Å²) in [4.78, 5) is 10.5. The first-order valence-electron chi connectivity index (χ1n) is 5.87. The van der Waals surface area contributed by atoms with Crippen molar-refractivity contribution in [1.82, 2.24) is 0 Å². The van der Waals surface area contributed by atoms with Crippen LogP contribution in [0.15, 0.2) is 40.9 Å². The van der Waals surface area contributed by atoms with Gasteiger partial charge in [-0.1, -0.05) is 22.0 Å². The smallest absolute Gasteiger partial charge is 0.293 e. The van der Waals surface area contributed by atoms with Crippen LogP contribution in [0.1, 0.15) is 11.1 Å². The monoisotopic (exact) mass is 349 g/mol. The predicted molar refractivity (Wildman–Crippen MR) is 79.2 cm³/mol. The lowest BCUT2D eigenvalue weighted by atomic mass is 10.1. The number of nitro benzene ring substituents is 1. The molecule has 1 N–H and O–H groups in total. The lowest BCUT2D eigenvalue weighted by Crippen LogP contribution is -2.03. The Labute approximate surface area is 128 Å². The minimum absolute atomic E-state index is 0.0559. The van der Waals surface area contributed by atoms with Crippen LogP contribution in [-0.2, 0) is 6.54 Å². The number of halogens is 2. The van der Waals surface area contributed by atoms with Crippen LogP contribution in [0, 0.1) is 27.3 Å². The number of benzene rings is 2. The van der Waals surface area contributed by atoms with Gasteiger partial charge in [-0.15, -0.1) is 0 Å². The molecule has 0 bridgehead atoms. The van der Waals surface area contributed by atoms with Crippen LogP contribution in [0.25, 0.3) is 0 Å². The number of nitrogens with zero attached hydrogens (tertiary/aromatic N) is 2. The molecule has 0 saturated heterocycles. The third-order valence-electron chi connectivity index (χ3n) is 2.79. The Kier molecular flexibility index (Phi) is 4.50. The molecule has 21 heavy (non-hydrogen) atoms. The molecule has 0 spiro atoms. The molecule has 0 unspecified atom stereocenters. The Morgan fingerprint density at radius 2 is 2.10 bits per heavy atom. The van der Waals surface area contributed by atoms with E-state index in [1.165, 1.54) is 24.3 Å². The molecule has 0 aliphatic rings. The Balaban J connectivity index is 2.21. The summed E-state index contributed by atoms with van der Waals surface area (Å²) in [5.74, 6) is -0.587. The fourth-order valence-corrected chi connectivity index (χ4v) is 2.12. The molecule has 0 heterocycles. The average Bonchev–Trinajstić information content (AvgIpc) is 2.47. The number of anilines is 1. The molecule has 106 valence electrons. The summed E-state index contributed by atoms with van der Waals surface area (Å²) in [7, 11) is 0. The molecular weight excluding hydrogens is 341 g/mol. The van der Waals surface area contributed by atoms with Gasteiger partial charge >= 0.3 is 0 Å². The molecular formula is C14H9BrFN3O2. The minimum atomic E-state index is -0.587. The van der Waals surface area contributed by atoms with Crippen LogP contribution in [-0.4, -0.2) is 4.92 Å². The maximum absolute atomic E-state index is 13.2. The number of rotatable bonds is 4. The van der Waals surface area contributed by atoms with E-state index in [1.807, 2.05) is 0 Å². The highest BCUT2D eigenvalue weighted by molar-refractivity contribution is 9.10. The predicted octanol–water partition coefficient (Wildman–Crippen LogP) is 3.98. The van der Waals surface area contributed by atoms with Gasteiger partial charge in [0.15, 0.2) is 0 Å². The molecule has 0 amide bonds. The van der Waals surface area contributed by atoms with Crippen molar-refractivity contribution in [3.63, 3.8) is 0 Å². The highest BCUT2D eigenvalue weighted by Crippen LogP contribution is 2.28. The molecule has 0 aliphatic heterocycles. The van der Waals surface area contributed by atoms with Gasteiger partial charge in [0, 0.05) is 17.1 Å². The Bertz CT molecular complexity index is 743. The summed E-state index contributed by atoms with van der Waals surface area (Å²) >= 11 is 3.18. The molecule has 0 fully saturated rings. The van der Waals surface area contributed by atoms with Gasteiger partial charge in [0.2, 0.25) is 0 Å². The van der Waals surface area contributed by atoms with Gasteiger partial charge in [0.25, 0.3) is 5.69 Å². The lowest BCUT2D eigenvalue weighted by molar-refractivity contribution is -0.384. The quantitative estimate of drug-likeness (QED) is 0.668. The van der Waals surface area contributed by atoms with Crippen LogP contribution in [0.4, 0.5) is 15.8 Å². The van der Waals surface area contributed by atoms with Gasteiger partial charge in [-0.05, 0) is 29.8 Å². The summed E-state index contributed by atoms with van der Waals surface area (Å²) in [5, 5.41) is 22.7. The second kappa shape index (κ2) is 6.33. The number of nitro groups is 1. The number of nitriles is 1. The Hall–Kier alpha value is -2.46. The van der Waals surface area contributed by atoms with Crippen molar-refractivity contribution in [2.45, 2.75) is 6.54 Å². The zero-order valence-corrected chi connectivity index (χ0v) is 12.2. The fraction of sp³-hybridized carbons (Fsp3) is 0.0714. The molecule has 5 nitrogen and oxygen atoms in total. The van der Waals surface area contributed by atoms with Gasteiger partial charge in [-0.3, -0.25) is 10.1 Å². The summed E-state index contributed by atoms with van der Waals surface area (Å²) in [6.07, 6.45) is 0. The summed E-state index contributed by atoms with van der Waals surface area (Å²) < 4.78 is 13.8. The molecule has 0 aliphatic carbocycles. The first-order chi connectivity index (χ1) is 10.0. The molecule has 7 heteroatoms. The van der Waals surface area contributed by atoms with Crippen LogP contribution in [0.2, 0.25) is 0 Å². The zero-order chi connectivity index (χ0) is 15.4. The largest absolute Gasteiger partial charge is 0.375 e. The van der Waals surface area contributed by atoms with Gasteiger partial charge in [-0.2, -0.15) is 5.26 Å². The van der Waals surface area contributed by atoms with Gasteiger partial charge < -0.3 is 5.32 Å². The molecule has 2 aromatic rings. The van der Waals surface area contributed by atoms with Crippen molar-refractivity contribution in [2.75, 3.05) is 5.32 Å². The van der Waals surface area contributed by atoms with Crippen molar-refractivity contribution in [3.05, 3.63) is 67.9 Å². The summed E-state index contributed by atoms with van der Waals surface area (Å²) in [6.45, 7) is 0.247. The molecule has 2 rings (SSSR count). The second-order valence-electron chi connectivity index (χ2n) is 4.20. The maximum atomic E-state index is 13.2. The minimum Gasteiger partial charge on any atom is -0.375 e. The SMILES string of the molecule is N#Cc1cc(CNc2ccc(Br)cc2[N+](=O)[O-])ccc1F. The number of hydrogen-bond acceptors (Lipinski definition) is 4. The van der Waals surface area contributed by atoms with Gasteiger partial charge in [-0.25, -0.2) is 4.39 Å². The van der Waals surface area contributed by atoms with E-state index in [0.29, 0.717) is 15.7 Å². The van der Waals surface area contributed by atoms with E-state index in [-0.39, 0.29) is 17.8 Å². The zero-order valence-electron chi connectivity index (χ0n) is 10.6. The molecule has 0 radical (unpaired) electrons. The van der Waals surface area contributed by atoms with E-state index < -0.39 is 10.7 Å².